The number of carbonyl (C=O) groups is 1. The van der Waals surface area contributed by atoms with Crippen LogP contribution >= 0.6 is 11.6 Å². The van der Waals surface area contributed by atoms with E-state index in [-0.39, 0.29) is 0 Å². The van der Waals surface area contributed by atoms with Crippen molar-refractivity contribution in [1.29, 1.82) is 0 Å². The van der Waals surface area contributed by atoms with Crippen LogP contribution in [-0.4, -0.2) is 43.9 Å². The van der Waals surface area contributed by atoms with Gasteiger partial charge in [-0.1, -0.05) is 42.1 Å². The van der Waals surface area contributed by atoms with Crippen molar-refractivity contribution in [3.05, 3.63) is 70.3 Å². The third kappa shape index (κ3) is 5.33. The molecule has 0 unspecified atom stereocenters. The standard InChI is InChI=1S/C26H31ClN2O/c27-24-11-9-22(10-12-24)26-6-4-2-1-3-5-23(26)19-28-15-17-29(18-16-28)25-13-7-21(20-30)8-14-25/h7-14,20H,1-6,15-19H2. The average molecular weight is 423 g/mol. The summed E-state index contributed by atoms with van der Waals surface area (Å²) >= 11 is 6.14. The molecule has 0 amide bonds. The monoisotopic (exact) mass is 422 g/mol. The Labute approximate surface area is 185 Å². The number of halogens is 1. The molecule has 0 radical (unpaired) electrons. The van der Waals surface area contributed by atoms with E-state index in [4.69, 9.17) is 11.6 Å². The van der Waals surface area contributed by atoms with Crippen molar-refractivity contribution in [3.8, 4) is 0 Å². The van der Waals surface area contributed by atoms with E-state index >= 15 is 0 Å². The second-order valence-corrected chi connectivity index (χ2v) is 8.91. The van der Waals surface area contributed by atoms with Gasteiger partial charge in [0.1, 0.15) is 6.29 Å². The number of rotatable bonds is 5. The maximum Gasteiger partial charge on any atom is 0.150 e. The van der Waals surface area contributed by atoms with E-state index in [1.807, 2.05) is 24.3 Å². The maximum atomic E-state index is 10.9. The van der Waals surface area contributed by atoms with Crippen molar-refractivity contribution in [3.63, 3.8) is 0 Å². The van der Waals surface area contributed by atoms with Crippen LogP contribution in [0, 0.1) is 0 Å². The molecular formula is C26H31ClN2O. The van der Waals surface area contributed by atoms with Crippen LogP contribution in [0.3, 0.4) is 0 Å². The van der Waals surface area contributed by atoms with Gasteiger partial charge in [0.2, 0.25) is 0 Å². The molecule has 1 heterocycles. The number of piperazine rings is 1. The van der Waals surface area contributed by atoms with Gasteiger partial charge >= 0.3 is 0 Å². The minimum Gasteiger partial charge on any atom is -0.369 e. The Morgan fingerprint density at radius 2 is 1.47 bits per heavy atom. The average Bonchev–Trinajstić information content (AvgIpc) is 2.77. The van der Waals surface area contributed by atoms with Gasteiger partial charge in [0.05, 0.1) is 0 Å². The predicted octanol–water partition coefficient (Wildman–Crippen LogP) is 6.08. The zero-order valence-corrected chi connectivity index (χ0v) is 18.4. The molecule has 2 aliphatic rings. The smallest absolute Gasteiger partial charge is 0.150 e. The molecule has 0 aromatic heterocycles. The maximum absolute atomic E-state index is 10.9. The highest BCUT2D eigenvalue weighted by Crippen LogP contribution is 2.32. The molecule has 1 saturated heterocycles. The Hall–Kier alpha value is -2.10. The van der Waals surface area contributed by atoms with Gasteiger partial charge in [-0.05, 0) is 73.2 Å². The molecule has 0 N–H and O–H groups in total. The van der Waals surface area contributed by atoms with Gasteiger partial charge in [0.25, 0.3) is 0 Å². The second-order valence-electron chi connectivity index (χ2n) is 8.48. The molecule has 0 saturated carbocycles. The third-order valence-electron chi connectivity index (χ3n) is 6.46. The highest BCUT2D eigenvalue weighted by molar-refractivity contribution is 6.30. The van der Waals surface area contributed by atoms with Crippen molar-refractivity contribution in [2.45, 2.75) is 38.5 Å². The van der Waals surface area contributed by atoms with E-state index in [0.717, 1.165) is 49.6 Å². The van der Waals surface area contributed by atoms with Crippen LogP contribution < -0.4 is 4.90 Å². The molecule has 1 aliphatic heterocycles. The molecule has 0 spiro atoms. The lowest BCUT2D eigenvalue weighted by atomic mass is 9.88. The first-order valence-corrected chi connectivity index (χ1v) is 11.6. The van der Waals surface area contributed by atoms with E-state index in [0.29, 0.717) is 0 Å². The molecule has 2 aromatic rings. The predicted molar refractivity (Wildman–Crippen MR) is 127 cm³/mol. The number of nitrogens with zero attached hydrogens (tertiary/aromatic N) is 2. The van der Waals surface area contributed by atoms with Gasteiger partial charge in [-0.15, -0.1) is 0 Å². The van der Waals surface area contributed by atoms with Crippen molar-refractivity contribution >= 4 is 29.1 Å². The van der Waals surface area contributed by atoms with E-state index in [9.17, 15) is 4.79 Å². The lowest BCUT2D eigenvalue weighted by molar-refractivity contribution is 0.112. The number of anilines is 1. The number of benzene rings is 2. The zero-order chi connectivity index (χ0) is 20.8. The van der Waals surface area contributed by atoms with E-state index in [2.05, 4.69) is 34.1 Å². The Kier molecular flexibility index (Phi) is 7.24. The highest BCUT2D eigenvalue weighted by atomic mass is 35.5. The summed E-state index contributed by atoms with van der Waals surface area (Å²) in [6.07, 6.45) is 8.57. The van der Waals surface area contributed by atoms with E-state index in [1.54, 1.807) is 11.1 Å². The minimum absolute atomic E-state index is 0.739. The number of allylic oxidation sites excluding steroid dienone is 1. The van der Waals surface area contributed by atoms with Crippen molar-refractivity contribution in [2.24, 2.45) is 0 Å². The number of hydrogen-bond donors (Lipinski definition) is 0. The fourth-order valence-corrected chi connectivity index (χ4v) is 4.82. The topological polar surface area (TPSA) is 23.6 Å². The number of aldehydes is 1. The second kappa shape index (κ2) is 10.3. The molecule has 3 nitrogen and oxygen atoms in total. The van der Waals surface area contributed by atoms with Gasteiger partial charge in [-0.3, -0.25) is 9.69 Å². The molecule has 1 fully saturated rings. The van der Waals surface area contributed by atoms with Gasteiger partial charge in [0, 0.05) is 49.0 Å². The van der Waals surface area contributed by atoms with Crippen LogP contribution in [0.2, 0.25) is 5.02 Å². The fourth-order valence-electron chi connectivity index (χ4n) is 4.69. The molecule has 2 aromatic carbocycles. The molecule has 4 rings (SSSR count). The summed E-state index contributed by atoms with van der Waals surface area (Å²) in [5.74, 6) is 0. The van der Waals surface area contributed by atoms with Gasteiger partial charge in [-0.25, -0.2) is 0 Å². The lowest BCUT2D eigenvalue weighted by Gasteiger charge is -2.37. The SMILES string of the molecule is O=Cc1ccc(N2CCN(CC3=C(c4ccc(Cl)cc4)CCCCCC3)CC2)cc1. The normalized spacial score (nSPS) is 18.8. The largest absolute Gasteiger partial charge is 0.369 e. The molecule has 4 heteroatoms. The Morgan fingerprint density at radius 3 is 2.13 bits per heavy atom. The van der Waals surface area contributed by atoms with Crippen molar-refractivity contribution in [2.75, 3.05) is 37.6 Å². The van der Waals surface area contributed by atoms with Crippen molar-refractivity contribution in [1.82, 2.24) is 4.90 Å². The minimum atomic E-state index is 0.739. The van der Waals surface area contributed by atoms with Gasteiger partial charge < -0.3 is 4.90 Å². The lowest BCUT2D eigenvalue weighted by Crippen LogP contribution is -2.47. The van der Waals surface area contributed by atoms with E-state index in [1.165, 1.54) is 49.8 Å². The van der Waals surface area contributed by atoms with Crippen LogP contribution in [0.1, 0.15) is 54.4 Å². The van der Waals surface area contributed by atoms with Crippen LogP contribution in [-0.2, 0) is 0 Å². The zero-order valence-electron chi connectivity index (χ0n) is 17.7. The Bertz CT molecular complexity index is 865. The molecule has 158 valence electrons. The Morgan fingerprint density at radius 1 is 0.800 bits per heavy atom. The van der Waals surface area contributed by atoms with Gasteiger partial charge in [0.15, 0.2) is 0 Å². The quantitative estimate of drug-likeness (QED) is 0.545. The molecule has 0 bridgehead atoms. The molecule has 1 aliphatic carbocycles. The summed E-state index contributed by atoms with van der Waals surface area (Å²) in [6.45, 7) is 5.30. The van der Waals surface area contributed by atoms with Gasteiger partial charge in [-0.2, -0.15) is 0 Å². The first-order valence-electron chi connectivity index (χ1n) is 11.2. The fraction of sp³-hybridized carbons (Fsp3) is 0.423. The molecular weight excluding hydrogens is 392 g/mol. The number of carbonyl (C=O) groups excluding carboxylic acids is 1. The molecule has 30 heavy (non-hydrogen) atoms. The van der Waals surface area contributed by atoms with Crippen LogP contribution in [0.25, 0.3) is 5.57 Å². The van der Waals surface area contributed by atoms with Crippen LogP contribution in [0.4, 0.5) is 5.69 Å². The summed E-state index contributed by atoms with van der Waals surface area (Å²) in [5, 5.41) is 0.809. The summed E-state index contributed by atoms with van der Waals surface area (Å²) in [5.41, 5.74) is 6.49. The van der Waals surface area contributed by atoms with E-state index < -0.39 is 0 Å². The first kappa shape index (κ1) is 21.1. The summed E-state index contributed by atoms with van der Waals surface area (Å²) in [4.78, 5) is 15.9. The highest BCUT2D eigenvalue weighted by Gasteiger charge is 2.20. The Balaban J connectivity index is 1.45. The van der Waals surface area contributed by atoms with Crippen LogP contribution in [0.5, 0.6) is 0 Å². The van der Waals surface area contributed by atoms with Crippen molar-refractivity contribution < 1.29 is 4.79 Å². The first-order chi connectivity index (χ1) is 14.7. The number of hydrogen-bond acceptors (Lipinski definition) is 3. The molecule has 0 atom stereocenters. The van der Waals surface area contributed by atoms with Crippen LogP contribution in [0.15, 0.2) is 54.1 Å². The summed E-state index contributed by atoms with van der Waals surface area (Å²) in [7, 11) is 0. The summed E-state index contributed by atoms with van der Waals surface area (Å²) < 4.78 is 0. The third-order valence-corrected chi connectivity index (χ3v) is 6.71. The summed E-state index contributed by atoms with van der Waals surface area (Å²) in [6, 6.07) is 16.4.